The standard InChI is InChI=1S/C18H16BrN3O2/c1-11-9-15(10-14-7-8-16(23)21-20-14)22(2)17(11)18(24)12-3-5-13(19)6-4-12/h3-9H,10H2,1-2H3,(H,21,23). The van der Waals surface area contributed by atoms with Crippen LogP contribution in [-0.4, -0.2) is 20.5 Å². The summed E-state index contributed by atoms with van der Waals surface area (Å²) in [6.07, 6.45) is 0.543. The highest BCUT2D eigenvalue weighted by molar-refractivity contribution is 9.10. The second-order valence-electron chi connectivity index (χ2n) is 5.65. The van der Waals surface area contributed by atoms with Gasteiger partial charge in [0, 0.05) is 35.3 Å². The van der Waals surface area contributed by atoms with Crippen molar-refractivity contribution >= 4 is 21.7 Å². The third-order valence-electron chi connectivity index (χ3n) is 3.94. The lowest BCUT2D eigenvalue weighted by Gasteiger charge is -2.08. The van der Waals surface area contributed by atoms with Crippen LogP contribution in [0.15, 0.2) is 51.7 Å². The summed E-state index contributed by atoms with van der Waals surface area (Å²) in [5, 5.41) is 6.45. The van der Waals surface area contributed by atoms with Crippen molar-refractivity contribution in [3.8, 4) is 0 Å². The first-order valence-electron chi connectivity index (χ1n) is 7.46. The summed E-state index contributed by atoms with van der Waals surface area (Å²) in [6.45, 7) is 1.93. The van der Waals surface area contributed by atoms with Gasteiger partial charge in [0.1, 0.15) is 0 Å². The maximum atomic E-state index is 12.8. The highest BCUT2D eigenvalue weighted by Crippen LogP contribution is 2.21. The Bertz CT molecular complexity index is 935. The molecule has 0 fully saturated rings. The zero-order valence-corrected chi connectivity index (χ0v) is 14.9. The van der Waals surface area contributed by atoms with Crippen molar-refractivity contribution in [2.24, 2.45) is 7.05 Å². The molecule has 5 nitrogen and oxygen atoms in total. The maximum absolute atomic E-state index is 12.8. The van der Waals surface area contributed by atoms with E-state index >= 15 is 0 Å². The minimum Gasteiger partial charge on any atom is -0.344 e. The van der Waals surface area contributed by atoms with Crippen LogP contribution in [-0.2, 0) is 13.5 Å². The minimum atomic E-state index is -0.229. The fourth-order valence-electron chi connectivity index (χ4n) is 2.72. The molecule has 1 N–H and O–H groups in total. The first-order chi connectivity index (χ1) is 11.5. The Morgan fingerprint density at radius 1 is 1.21 bits per heavy atom. The monoisotopic (exact) mass is 385 g/mol. The summed E-state index contributed by atoms with van der Waals surface area (Å²) in [4.78, 5) is 23.9. The lowest BCUT2D eigenvalue weighted by atomic mass is 10.1. The highest BCUT2D eigenvalue weighted by Gasteiger charge is 2.18. The van der Waals surface area contributed by atoms with Gasteiger partial charge in [-0.05, 0) is 48.9 Å². The largest absolute Gasteiger partial charge is 0.344 e. The van der Waals surface area contributed by atoms with E-state index in [1.165, 1.54) is 6.07 Å². The molecule has 0 amide bonds. The zero-order chi connectivity index (χ0) is 17.3. The first-order valence-corrected chi connectivity index (χ1v) is 8.25. The van der Waals surface area contributed by atoms with E-state index in [2.05, 4.69) is 26.1 Å². The molecule has 0 atom stereocenters. The quantitative estimate of drug-likeness (QED) is 0.701. The van der Waals surface area contributed by atoms with E-state index in [1.807, 2.05) is 48.9 Å². The van der Waals surface area contributed by atoms with Crippen LogP contribution in [0.3, 0.4) is 0 Å². The Balaban J connectivity index is 1.94. The van der Waals surface area contributed by atoms with Gasteiger partial charge in [-0.1, -0.05) is 15.9 Å². The van der Waals surface area contributed by atoms with Gasteiger partial charge in [-0.25, -0.2) is 5.10 Å². The van der Waals surface area contributed by atoms with Crippen molar-refractivity contribution in [3.05, 3.63) is 85.5 Å². The number of hydrogen-bond acceptors (Lipinski definition) is 3. The van der Waals surface area contributed by atoms with E-state index in [-0.39, 0.29) is 11.3 Å². The van der Waals surface area contributed by atoms with Crippen LogP contribution in [0.2, 0.25) is 0 Å². The van der Waals surface area contributed by atoms with E-state index in [4.69, 9.17) is 0 Å². The summed E-state index contributed by atoms with van der Waals surface area (Å²) in [5.41, 5.74) is 3.72. The number of aromatic nitrogens is 3. The maximum Gasteiger partial charge on any atom is 0.264 e. The molecule has 24 heavy (non-hydrogen) atoms. The van der Waals surface area contributed by atoms with Gasteiger partial charge in [0.15, 0.2) is 0 Å². The molecular formula is C18H16BrN3O2. The Hall–Kier alpha value is -2.47. The zero-order valence-electron chi connectivity index (χ0n) is 13.3. The van der Waals surface area contributed by atoms with Gasteiger partial charge in [-0.2, -0.15) is 5.10 Å². The molecule has 0 spiro atoms. The van der Waals surface area contributed by atoms with Crippen molar-refractivity contribution in [2.75, 3.05) is 0 Å². The number of carbonyl (C=O) groups is 1. The van der Waals surface area contributed by atoms with Crippen LogP contribution >= 0.6 is 15.9 Å². The number of nitrogens with zero attached hydrogens (tertiary/aromatic N) is 2. The summed E-state index contributed by atoms with van der Waals surface area (Å²) in [5.74, 6) is -0.0109. The van der Waals surface area contributed by atoms with Gasteiger partial charge in [0.05, 0.1) is 11.4 Å². The number of aryl methyl sites for hydroxylation is 1. The number of H-pyrrole nitrogens is 1. The Morgan fingerprint density at radius 3 is 2.54 bits per heavy atom. The second kappa shape index (κ2) is 6.57. The molecule has 2 heterocycles. The van der Waals surface area contributed by atoms with Crippen LogP contribution in [0.1, 0.15) is 33.0 Å². The highest BCUT2D eigenvalue weighted by atomic mass is 79.9. The molecule has 6 heteroatoms. The number of carbonyl (C=O) groups excluding carboxylic acids is 1. The van der Waals surface area contributed by atoms with E-state index in [0.717, 1.165) is 21.4 Å². The average Bonchev–Trinajstić information content (AvgIpc) is 2.83. The van der Waals surface area contributed by atoms with Crippen LogP contribution in [0, 0.1) is 6.92 Å². The molecule has 0 bridgehead atoms. The average molecular weight is 386 g/mol. The summed E-state index contributed by atoms with van der Waals surface area (Å²) >= 11 is 3.38. The number of aromatic amines is 1. The van der Waals surface area contributed by atoms with Crippen molar-refractivity contribution in [1.29, 1.82) is 0 Å². The van der Waals surface area contributed by atoms with Crippen molar-refractivity contribution in [3.63, 3.8) is 0 Å². The predicted molar refractivity (Wildman–Crippen MR) is 95.4 cm³/mol. The van der Waals surface area contributed by atoms with E-state index in [1.54, 1.807) is 6.07 Å². The molecular weight excluding hydrogens is 370 g/mol. The summed E-state index contributed by atoms with van der Waals surface area (Å²) in [6, 6.07) is 12.5. The first kappa shape index (κ1) is 16.4. The molecule has 122 valence electrons. The Labute approximate surface area is 147 Å². The van der Waals surface area contributed by atoms with Crippen LogP contribution in [0.5, 0.6) is 0 Å². The summed E-state index contributed by atoms with van der Waals surface area (Å²) in [7, 11) is 1.88. The number of ketones is 1. The third-order valence-corrected chi connectivity index (χ3v) is 4.47. The molecule has 3 aromatic rings. The van der Waals surface area contributed by atoms with Gasteiger partial charge in [-0.15, -0.1) is 0 Å². The number of nitrogens with one attached hydrogen (secondary N) is 1. The van der Waals surface area contributed by atoms with Gasteiger partial charge in [0.2, 0.25) is 5.78 Å². The normalized spacial score (nSPS) is 10.8. The van der Waals surface area contributed by atoms with Gasteiger partial charge >= 0.3 is 0 Å². The summed E-state index contributed by atoms with van der Waals surface area (Å²) < 4.78 is 2.83. The van der Waals surface area contributed by atoms with Gasteiger partial charge < -0.3 is 4.57 Å². The van der Waals surface area contributed by atoms with Gasteiger partial charge in [-0.3, -0.25) is 9.59 Å². The van der Waals surface area contributed by atoms with Crippen molar-refractivity contribution in [2.45, 2.75) is 13.3 Å². The molecule has 0 aliphatic heterocycles. The number of rotatable bonds is 4. The second-order valence-corrected chi connectivity index (χ2v) is 6.57. The lowest BCUT2D eigenvalue weighted by Crippen LogP contribution is -2.12. The SMILES string of the molecule is Cc1cc(Cc2ccc(=O)[nH]n2)n(C)c1C(=O)c1ccc(Br)cc1. The fraction of sp³-hybridized carbons (Fsp3) is 0.167. The van der Waals surface area contributed by atoms with E-state index < -0.39 is 0 Å². The predicted octanol–water partition coefficient (Wildman–Crippen LogP) is 3.00. The molecule has 0 saturated heterocycles. The van der Waals surface area contributed by atoms with E-state index in [9.17, 15) is 9.59 Å². The molecule has 0 unspecified atom stereocenters. The number of benzene rings is 1. The van der Waals surface area contributed by atoms with Gasteiger partial charge in [0.25, 0.3) is 5.56 Å². The molecule has 0 aliphatic carbocycles. The topological polar surface area (TPSA) is 67.8 Å². The van der Waals surface area contributed by atoms with E-state index in [0.29, 0.717) is 17.7 Å². The van der Waals surface area contributed by atoms with Crippen LogP contribution in [0.4, 0.5) is 0 Å². The molecule has 0 radical (unpaired) electrons. The molecule has 3 rings (SSSR count). The lowest BCUT2D eigenvalue weighted by molar-refractivity contribution is 0.103. The fourth-order valence-corrected chi connectivity index (χ4v) is 2.98. The van der Waals surface area contributed by atoms with Crippen molar-refractivity contribution in [1.82, 2.24) is 14.8 Å². The smallest absolute Gasteiger partial charge is 0.264 e. The molecule has 2 aromatic heterocycles. The van der Waals surface area contributed by atoms with Crippen LogP contribution < -0.4 is 5.56 Å². The van der Waals surface area contributed by atoms with Crippen molar-refractivity contribution < 1.29 is 4.79 Å². The molecule has 0 aliphatic rings. The van der Waals surface area contributed by atoms with Crippen LogP contribution in [0.25, 0.3) is 0 Å². The number of hydrogen-bond donors (Lipinski definition) is 1. The minimum absolute atomic E-state index is 0.0109. The number of halogens is 1. The third kappa shape index (κ3) is 3.23. The molecule has 1 aromatic carbocycles. The Morgan fingerprint density at radius 2 is 1.92 bits per heavy atom. The Kier molecular flexibility index (Phi) is 4.49. The molecule has 0 saturated carbocycles.